The number of nitrogens with one attached hydrogen (secondary N) is 2. The highest BCUT2D eigenvalue weighted by Crippen LogP contribution is 2.45. The topological polar surface area (TPSA) is 87.7 Å². The van der Waals surface area contributed by atoms with E-state index in [1.807, 2.05) is 30.3 Å². The SMILES string of the molecule is COc1ccccc1NC(=O)C(=O)NCC(O)(c1ccccc1)C1CC1. The molecule has 1 atom stereocenters. The van der Waals surface area contributed by atoms with Crippen LogP contribution in [0.2, 0.25) is 0 Å². The lowest BCUT2D eigenvalue weighted by Crippen LogP contribution is -2.45. The number of anilines is 1. The summed E-state index contributed by atoms with van der Waals surface area (Å²) in [5.74, 6) is -1.05. The van der Waals surface area contributed by atoms with E-state index < -0.39 is 17.4 Å². The Morgan fingerprint density at radius 2 is 1.73 bits per heavy atom. The van der Waals surface area contributed by atoms with Crippen molar-refractivity contribution in [1.29, 1.82) is 0 Å². The zero-order chi connectivity index (χ0) is 18.6. The second-order valence-electron chi connectivity index (χ2n) is 6.40. The van der Waals surface area contributed by atoms with Gasteiger partial charge in [0.2, 0.25) is 0 Å². The van der Waals surface area contributed by atoms with Gasteiger partial charge in [-0.15, -0.1) is 0 Å². The molecule has 2 aromatic carbocycles. The summed E-state index contributed by atoms with van der Waals surface area (Å²) in [6, 6.07) is 16.1. The predicted molar refractivity (Wildman–Crippen MR) is 97.7 cm³/mol. The molecule has 1 saturated carbocycles. The predicted octanol–water partition coefficient (Wildman–Crippen LogP) is 2.05. The van der Waals surface area contributed by atoms with E-state index in [-0.39, 0.29) is 12.5 Å². The summed E-state index contributed by atoms with van der Waals surface area (Å²) in [6.07, 6.45) is 1.79. The van der Waals surface area contributed by atoms with E-state index in [1.165, 1.54) is 7.11 Å². The number of rotatable bonds is 6. The van der Waals surface area contributed by atoms with Gasteiger partial charge < -0.3 is 20.5 Å². The highest BCUT2D eigenvalue weighted by molar-refractivity contribution is 6.39. The van der Waals surface area contributed by atoms with E-state index in [9.17, 15) is 14.7 Å². The standard InChI is InChI=1S/C20H22N2O4/c1-26-17-10-6-5-9-16(17)22-19(24)18(23)21-13-20(25,15-11-12-15)14-7-3-2-4-8-14/h2-10,15,25H,11-13H2,1H3,(H,21,23)(H,22,24). The van der Waals surface area contributed by atoms with Crippen LogP contribution in [0.25, 0.3) is 0 Å². The molecule has 3 rings (SSSR count). The molecule has 1 fully saturated rings. The molecular formula is C20H22N2O4. The minimum absolute atomic E-state index is 0.0140. The average molecular weight is 354 g/mol. The largest absolute Gasteiger partial charge is 0.495 e. The summed E-state index contributed by atoms with van der Waals surface area (Å²) in [7, 11) is 1.49. The first-order chi connectivity index (χ1) is 12.5. The van der Waals surface area contributed by atoms with Crippen LogP contribution in [0.1, 0.15) is 18.4 Å². The summed E-state index contributed by atoms with van der Waals surface area (Å²) in [5, 5.41) is 16.1. The number of para-hydroxylation sites is 2. The van der Waals surface area contributed by atoms with Gasteiger partial charge in [0.1, 0.15) is 11.4 Å². The first-order valence-corrected chi connectivity index (χ1v) is 8.54. The molecule has 0 spiro atoms. The Hall–Kier alpha value is -2.86. The second kappa shape index (κ2) is 7.58. The van der Waals surface area contributed by atoms with Gasteiger partial charge in [-0.1, -0.05) is 42.5 Å². The van der Waals surface area contributed by atoms with E-state index in [1.54, 1.807) is 24.3 Å². The Bertz CT molecular complexity index is 789. The summed E-state index contributed by atoms with van der Waals surface area (Å²) < 4.78 is 5.15. The summed E-state index contributed by atoms with van der Waals surface area (Å²) in [5.41, 5.74) is -0.00893. The molecule has 0 heterocycles. The lowest BCUT2D eigenvalue weighted by molar-refractivity contribution is -0.137. The van der Waals surface area contributed by atoms with Crippen LogP contribution >= 0.6 is 0 Å². The average Bonchev–Trinajstić information content (AvgIpc) is 3.52. The van der Waals surface area contributed by atoms with Gasteiger partial charge in [0.05, 0.1) is 19.3 Å². The van der Waals surface area contributed by atoms with Crippen molar-refractivity contribution in [2.45, 2.75) is 18.4 Å². The molecule has 3 N–H and O–H groups in total. The summed E-state index contributed by atoms with van der Waals surface area (Å²) in [6.45, 7) is -0.0140. The summed E-state index contributed by atoms with van der Waals surface area (Å²) in [4.78, 5) is 24.4. The number of benzene rings is 2. The Morgan fingerprint density at radius 1 is 1.08 bits per heavy atom. The molecule has 136 valence electrons. The molecule has 0 aliphatic heterocycles. The number of ether oxygens (including phenoxy) is 1. The van der Waals surface area contributed by atoms with Gasteiger partial charge in [0.15, 0.2) is 0 Å². The molecule has 0 radical (unpaired) electrons. The fourth-order valence-electron chi connectivity index (χ4n) is 2.99. The molecule has 0 saturated heterocycles. The normalized spacial score (nSPS) is 15.6. The maximum atomic E-state index is 12.2. The monoisotopic (exact) mass is 354 g/mol. The van der Waals surface area contributed by atoms with Crippen LogP contribution in [-0.2, 0) is 15.2 Å². The lowest BCUT2D eigenvalue weighted by Gasteiger charge is -2.29. The van der Waals surface area contributed by atoms with Crippen molar-refractivity contribution in [2.24, 2.45) is 5.92 Å². The smallest absolute Gasteiger partial charge is 0.313 e. The van der Waals surface area contributed by atoms with Crippen LogP contribution in [0.5, 0.6) is 5.75 Å². The molecule has 1 aliphatic carbocycles. The minimum atomic E-state index is -1.17. The quantitative estimate of drug-likeness (QED) is 0.693. The molecular weight excluding hydrogens is 332 g/mol. The van der Waals surface area contributed by atoms with Gasteiger partial charge in [0.25, 0.3) is 0 Å². The molecule has 1 unspecified atom stereocenters. The van der Waals surface area contributed by atoms with Crippen molar-refractivity contribution in [3.05, 3.63) is 60.2 Å². The molecule has 2 aromatic rings. The van der Waals surface area contributed by atoms with Crippen LogP contribution in [0.15, 0.2) is 54.6 Å². The van der Waals surface area contributed by atoms with E-state index in [2.05, 4.69) is 10.6 Å². The first kappa shape index (κ1) is 17.9. The highest BCUT2D eigenvalue weighted by atomic mass is 16.5. The minimum Gasteiger partial charge on any atom is -0.495 e. The first-order valence-electron chi connectivity index (χ1n) is 8.54. The zero-order valence-corrected chi connectivity index (χ0v) is 14.6. The van der Waals surface area contributed by atoms with Gasteiger partial charge in [-0.25, -0.2) is 0 Å². The number of methoxy groups -OCH3 is 1. The zero-order valence-electron chi connectivity index (χ0n) is 14.6. The van der Waals surface area contributed by atoms with E-state index >= 15 is 0 Å². The third-order valence-corrected chi connectivity index (χ3v) is 4.61. The Kier molecular flexibility index (Phi) is 5.23. The maximum Gasteiger partial charge on any atom is 0.313 e. The van der Waals surface area contributed by atoms with Crippen molar-refractivity contribution in [3.8, 4) is 5.75 Å². The van der Waals surface area contributed by atoms with Crippen molar-refractivity contribution in [1.82, 2.24) is 5.32 Å². The maximum absolute atomic E-state index is 12.2. The molecule has 6 heteroatoms. The second-order valence-corrected chi connectivity index (χ2v) is 6.40. The third-order valence-electron chi connectivity index (χ3n) is 4.61. The van der Waals surface area contributed by atoms with Crippen LogP contribution in [0.4, 0.5) is 5.69 Å². The van der Waals surface area contributed by atoms with Crippen LogP contribution in [-0.4, -0.2) is 30.6 Å². The highest BCUT2D eigenvalue weighted by Gasteiger charge is 2.45. The number of amides is 2. The Labute approximate surface area is 152 Å². The number of aliphatic hydroxyl groups is 1. The van der Waals surface area contributed by atoms with E-state index in [4.69, 9.17) is 4.74 Å². The van der Waals surface area contributed by atoms with Gasteiger partial charge in [0, 0.05) is 0 Å². The van der Waals surface area contributed by atoms with Crippen molar-refractivity contribution >= 4 is 17.5 Å². The number of hydrogen-bond acceptors (Lipinski definition) is 4. The fraction of sp³-hybridized carbons (Fsp3) is 0.300. The molecule has 6 nitrogen and oxygen atoms in total. The molecule has 1 aliphatic rings. The fourth-order valence-corrected chi connectivity index (χ4v) is 2.99. The number of hydrogen-bond donors (Lipinski definition) is 3. The van der Waals surface area contributed by atoms with Gasteiger partial charge in [-0.3, -0.25) is 9.59 Å². The Morgan fingerprint density at radius 3 is 2.38 bits per heavy atom. The number of carbonyl (C=O) groups is 2. The van der Waals surface area contributed by atoms with Gasteiger partial charge >= 0.3 is 11.8 Å². The van der Waals surface area contributed by atoms with Crippen molar-refractivity contribution in [2.75, 3.05) is 19.0 Å². The van der Waals surface area contributed by atoms with Crippen molar-refractivity contribution in [3.63, 3.8) is 0 Å². The molecule has 0 aromatic heterocycles. The van der Waals surface area contributed by atoms with Crippen LogP contribution in [0, 0.1) is 5.92 Å². The lowest BCUT2D eigenvalue weighted by atomic mass is 9.88. The van der Waals surface area contributed by atoms with Gasteiger partial charge in [-0.2, -0.15) is 0 Å². The van der Waals surface area contributed by atoms with Crippen molar-refractivity contribution < 1.29 is 19.4 Å². The number of carbonyl (C=O) groups excluding carboxylic acids is 2. The van der Waals surface area contributed by atoms with E-state index in [0.717, 1.165) is 18.4 Å². The van der Waals surface area contributed by atoms with Gasteiger partial charge in [-0.05, 0) is 36.5 Å². The third kappa shape index (κ3) is 3.86. The molecule has 0 bridgehead atoms. The van der Waals surface area contributed by atoms with Crippen LogP contribution in [0.3, 0.4) is 0 Å². The van der Waals surface area contributed by atoms with Crippen LogP contribution < -0.4 is 15.4 Å². The van der Waals surface area contributed by atoms with E-state index in [0.29, 0.717) is 11.4 Å². The molecule has 26 heavy (non-hydrogen) atoms. The summed E-state index contributed by atoms with van der Waals surface area (Å²) >= 11 is 0. The Balaban J connectivity index is 1.64. The molecule has 2 amide bonds.